The number of H-pyrrole nitrogens is 4. The molecule has 1 aliphatic rings. The molecule has 0 fully saturated rings. The highest BCUT2D eigenvalue weighted by atomic mass is 16.7. The minimum Gasteiger partial charge on any atom is -0.491 e. The van der Waals surface area contributed by atoms with Crippen LogP contribution in [0.15, 0.2) is 146 Å². The second-order valence-electron chi connectivity index (χ2n) is 23.6. The van der Waals surface area contributed by atoms with E-state index >= 15 is 0 Å². The van der Waals surface area contributed by atoms with Crippen LogP contribution in [0, 0.1) is 0 Å². The Bertz CT molecular complexity index is 3680. The zero-order valence-electron chi connectivity index (χ0n) is 56.7. The maximum Gasteiger partial charge on any atom is 0.189 e. The normalized spacial score (nSPS) is 12.3. The zero-order valence-corrected chi connectivity index (χ0v) is 56.7. The lowest BCUT2D eigenvalue weighted by atomic mass is 10.0. The van der Waals surface area contributed by atoms with E-state index in [1.165, 1.54) is 38.5 Å². The quantitative estimate of drug-likeness (QED) is 0.0210. The summed E-state index contributed by atoms with van der Waals surface area (Å²) in [6, 6.07) is 50.4. The summed E-state index contributed by atoms with van der Waals surface area (Å²) >= 11 is 0. The monoisotopic (exact) mass is 1300 g/mol. The first-order chi connectivity index (χ1) is 47.0. The van der Waals surface area contributed by atoms with Crippen molar-refractivity contribution in [2.75, 3.05) is 126 Å². The van der Waals surface area contributed by atoms with Crippen molar-refractivity contribution in [3.8, 4) is 23.0 Å². The number of rotatable bonds is 47. The summed E-state index contributed by atoms with van der Waals surface area (Å²) in [5, 5.41) is 3.66. The van der Waals surface area contributed by atoms with Crippen LogP contribution < -0.4 is 40.3 Å². The molecule has 0 unspecified atom stereocenters. The van der Waals surface area contributed by atoms with Crippen LogP contribution in [0.25, 0.3) is 22.3 Å². The molecular formula is C79H102N4O12. The molecule has 0 aliphatic carbocycles. The van der Waals surface area contributed by atoms with E-state index in [9.17, 15) is 0 Å². The fourth-order valence-electron chi connectivity index (χ4n) is 11.3. The van der Waals surface area contributed by atoms with Crippen LogP contribution >= 0.6 is 0 Å². The Morgan fingerprint density at radius 2 is 0.442 bits per heavy atom. The lowest BCUT2D eigenvalue weighted by molar-refractivity contribution is -0.0172. The van der Waals surface area contributed by atoms with Gasteiger partial charge in [0, 0.05) is 92.9 Å². The van der Waals surface area contributed by atoms with E-state index in [0.29, 0.717) is 98.2 Å². The Morgan fingerprint density at radius 3 is 0.705 bits per heavy atom. The number of aromatic nitrogens is 4. The zero-order chi connectivity index (χ0) is 65.8. The number of unbranched alkanes of at least 4 members (excludes halogenated alkanes) is 8. The molecule has 1 aliphatic heterocycles. The van der Waals surface area contributed by atoms with E-state index in [4.69, 9.17) is 56.8 Å². The van der Waals surface area contributed by atoms with Crippen molar-refractivity contribution in [1.29, 1.82) is 0 Å². The first-order valence-corrected chi connectivity index (χ1v) is 34.8. The highest BCUT2D eigenvalue weighted by Crippen LogP contribution is 2.31. The SMILES string of the molecule is CCCCCOCCOCCOc1ccc(C2=c3ccc([nH]3)=C(c3ccc(OCCOCCOCCCCC)cc3)c3ccc([nH]3)C(c3ccc(OCOCCOCCCCC)cc3)=c3ccc([nH]3)=C(c3ccc(OCCOCCOCCCCC)cc3)c3ccc2[nH]3)cc1. The average molecular weight is 1300 g/mol. The summed E-state index contributed by atoms with van der Waals surface area (Å²) in [5.74, 6) is 2.96. The van der Waals surface area contributed by atoms with Crippen molar-refractivity contribution in [1.82, 2.24) is 19.9 Å². The van der Waals surface area contributed by atoms with Crippen LogP contribution in [-0.2, 0) is 37.9 Å². The predicted octanol–water partition coefficient (Wildman–Crippen LogP) is 12.7. The van der Waals surface area contributed by atoms with Crippen molar-refractivity contribution in [2.45, 2.75) is 105 Å². The van der Waals surface area contributed by atoms with Gasteiger partial charge in [-0.15, -0.1) is 0 Å². The van der Waals surface area contributed by atoms with Gasteiger partial charge < -0.3 is 76.8 Å². The van der Waals surface area contributed by atoms with Crippen LogP contribution in [0.1, 0.15) is 150 Å². The molecule has 8 bridgehead atoms. The molecule has 0 amide bonds. The summed E-state index contributed by atoms with van der Waals surface area (Å²) in [7, 11) is 0. The topological polar surface area (TPSA) is 174 Å². The summed E-state index contributed by atoms with van der Waals surface area (Å²) in [4.78, 5) is 15.7. The van der Waals surface area contributed by atoms with Gasteiger partial charge >= 0.3 is 0 Å². The molecule has 5 heterocycles. The van der Waals surface area contributed by atoms with E-state index in [1.54, 1.807) is 0 Å². The lowest BCUT2D eigenvalue weighted by Crippen LogP contribution is -2.19. The van der Waals surface area contributed by atoms with Gasteiger partial charge in [-0.05, 0) is 145 Å². The summed E-state index contributed by atoms with van der Waals surface area (Å²) in [6.07, 6.45) is 13.7. The van der Waals surface area contributed by atoms with Gasteiger partial charge in [-0.2, -0.15) is 0 Å². The van der Waals surface area contributed by atoms with Crippen molar-refractivity contribution in [3.63, 3.8) is 0 Å². The molecule has 0 saturated carbocycles. The van der Waals surface area contributed by atoms with E-state index in [1.807, 2.05) is 48.5 Å². The van der Waals surface area contributed by atoms with Crippen molar-refractivity contribution < 1.29 is 56.8 Å². The molecule has 0 saturated heterocycles. The Morgan fingerprint density at radius 1 is 0.211 bits per heavy atom. The van der Waals surface area contributed by atoms with Gasteiger partial charge in [0.2, 0.25) is 0 Å². The van der Waals surface area contributed by atoms with Gasteiger partial charge in [0.25, 0.3) is 0 Å². The third-order valence-electron chi connectivity index (χ3n) is 16.3. The molecule has 16 nitrogen and oxygen atoms in total. The first kappa shape index (κ1) is 71.6. The van der Waals surface area contributed by atoms with Gasteiger partial charge in [-0.3, -0.25) is 0 Å². The van der Waals surface area contributed by atoms with Gasteiger partial charge in [0.1, 0.15) is 42.8 Å². The molecule has 4 aromatic carbocycles. The van der Waals surface area contributed by atoms with Crippen molar-refractivity contribution in [3.05, 3.63) is 212 Å². The van der Waals surface area contributed by atoms with E-state index < -0.39 is 0 Å². The van der Waals surface area contributed by atoms with Crippen LogP contribution in [-0.4, -0.2) is 146 Å². The highest BCUT2D eigenvalue weighted by molar-refractivity contribution is 5.85. The van der Waals surface area contributed by atoms with Gasteiger partial charge in [0.05, 0.1) is 72.7 Å². The number of aromatic amines is 4. The van der Waals surface area contributed by atoms with E-state index in [0.717, 1.165) is 171 Å². The van der Waals surface area contributed by atoms with Crippen LogP contribution in [0.4, 0.5) is 0 Å². The Labute approximate surface area is 561 Å². The van der Waals surface area contributed by atoms with Crippen LogP contribution in [0.3, 0.4) is 0 Å². The molecule has 4 aromatic heterocycles. The van der Waals surface area contributed by atoms with E-state index in [2.05, 4.69) is 145 Å². The second-order valence-corrected chi connectivity index (χ2v) is 23.6. The van der Waals surface area contributed by atoms with Gasteiger partial charge in [-0.25, -0.2) is 0 Å². The molecule has 95 heavy (non-hydrogen) atoms. The maximum absolute atomic E-state index is 6.22. The predicted molar refractivity (Wildman–Crippen MR) is 376 cm³/mol. The minimum atomic E-state index is 0.118. The Hall–Kier alpha value is -7.64. The third kappa shape index (κ3) is 23.0. The summed E-state index contributed by atoms with van der Waals surface area (Å²) < 4.78 is 71.1. The van der Waals surface area contributed by atoms with Gasteiger partial charge in [0.15, 0.2) is 6.79 Å². The van der Waals surface area contributed by atoms with Crippen LogP contribution in [0.5, 0.6) is 23.0 Å². The Balaban J connectivity index is 1.06. The number of ether oxygens (including phenoxy) is 12. The molecule has 4 N–H and O–H groups in total. The molecule has 0 radical (unpaired) electrons. The lowest BCUT2D eigenvalue weighted by Gasteiger charge is -2.12. The molecule has 510 valence electrons. The van der Waals surface area contributed by atoms with Gasteiger partial charge in [-0.1, -0.05) is 128 Å². The number of hydrogen-bond acceptors (Lipinski definition) is 12. The second kappa shape index (κ2) is 41.3. The first-order valence-electron chi connectivity index (χ1n) is 34.8. The largest absolute Gasteiger partial charge is 0.491 e. The van der Waals surface area contributed by atoms with Crippen LogP contribution in [0.2, 0.25) is 0 Å². The average Bonchev–Trinajstić information content (AvgIpc) is 1.64. The van der Waals surface area contributed by atoms with Crippen molar-refractivity contribution in [2.24, 2.45) is 0 Å². The summed E-state index contributed by atoms with van der Waals surface area (Å²) in [5.41, 5.74) is 11.5. The highest BCUT2D eigenvalue weighted by Gasteiger charge is 2.20. The molecule has 0 spiro atoms. The fourth-order valence-corrected chi connectivity index (χ4v) is 11.3. The molecular weight excluding hydrogens is 1200 g/mol. The summed E-state index contributed by atoms with van der Waals surface area (Å²) in [6.45, 7) is 18.9. The minimum absolute atomic E-state index is 0.118. The fraction of sp³-hybridized carbons (Fsp3) is 0.443. The number of hydrogen-bond donors (Lipinski definition) is 4. The number of nitrogens with one attached hydrogen (secondary N) is 4. The maximum atomic E-state index is 6.22. The molecule has 16 heteroatoms. The smallest absolute Gasteiger partial charge is 0.189 e. The Kier molecular flexibility index (Phi) is 31.2. The number of fused-ring (bicyclic) bond motifs is 8. The molecule has 0 atom stereocenters. The standard InChI is InChI=1S/C79H102N4O12/c1-5-9-13-41-84-45-48-88-53-56-92-64-25-17-60(18-26-64)76-68-33-35-70(80-68)77(61-19-27-65(28-20-61)93-57-54-89-49-46-85-42-14-10-6-2)72-37-39-74(82-72)79(63-23-31-67(32-24-63)95-59-91-52-51-87-44-16-12-8-4)75-40-38-73(83-75)78(71-36-34-69(76)81-71)62-21-29-66(30-22-62)94-58-55-90-50-47-86-43-15-11-7-3/h17-40,80-83H,5-16,41-59H2,1-4H3. The third-order valence-corrected chi connectivity index (χ3v) is 16.3. The van der Waals surface area contributed by atoms with Crippen molar-refractivity contribution >= 4 is 22.3 Å². The molecule has 8 aromatic rings. The molecule has 9 rings (SSSR count). The number of benzene rings is 4. The van der Waals surface area contributed by atoms with E-state index in [-0.39, 0.29) is 6.79 Å².